The number of rotatable bonds is 2. The summed E-state index contributed by atoms with van der Waals surface area (Å²) in [6, 6.07) is 1.48. The van der Waals surface area contributed by atoms with Crippen LogP contribution in [0.5, 0.6) is 0 Å². The lowest BCUT2D eigenvalue weighted by Gasteiger charge is -2.27. The van der Waals surface area contributed by atoms with Gasteiger partial charge in [0.05, 0.1) is 5.69 Å². The minimum Gasteiger partial charge on any atom is -0.397 e. The fraction of sp³-hybridized carbons (Fsp3) is 0.462. The lowest BCUT2D eigenvalue weighted by molar-refractivity contribution is -0.124. The number of nitrogen functional groups attached to an aromatic ring is 1. The van der Waals surface area contributed by atoms with Crippen LogP contribution in [0, 0.1) is 17.6 Å². The van der Waals surface area contributed by atoms with E-state index >= 15 is 0 Å². The number of nitrogens with one attached hydrogen (secondary N) is 1. The normalized spacial score (nSPS) is 18.8. The van der Waals surface area contributed by atoms with Crippen LogP contribution in [0.4, 0.5) is 28.9 Å². The Morgan fingerprint density at radius 2 is 1.85 bits per heavy atom. The summed E-state index contributed by atoms with van der Waals surface area (Å²) in [7, 11) is 0. The first-order valence-electron chi connectivity index (χ1n) is 6.22. The number of hydrogen-bond donors (Lipinski definition) is 2. The molecule has 0 saturated heterocycles. The van der Waals surface area contributed by atoms with Gasteiger partial charge in [-0.25, -0.2) is 17.6 Å². The zero-order chi connectivity index (χ0) is 14.9. The van der Waals surface area contributed by atoms with E-state index in [2.05, 4.69) is 5.32 Å². The van der Waals surface area contributed by atoms with Gasteiger partial charge in [0.25, 0.3) is 0 Å². The topological polar surface area (TPSA) is 55.1 Å². The van der Waals surface area contributed by atoms with Crippen LogP contribution in [0.2, 0.25) is 0 Å². The first-order valence-corrected chi connectivity index (χ1v) is 6.22. The van der Waals surface area contributed by atoms with Crippen LogP contribution in [0.1, 0.15) is 25.7 Å². The van der Waals surface area contributed by atoms with Crippen molar-refractivity contribution >= 4 is 17.3 Å². The number of halogens is 4. The monoisotopic (exact) mass is 290 g/mol. The second-order valence-electron chi connectivity index (χ2n) is 4.97. The van der Waals surface area contributed by atoms with Crippen molar-refractivity contribution < 1.29 is 22.4 Å². The van der Waals surface area contributed by atoms with Crippen LogP contribution >= 0.6 is 0 Å². The molecule has 0 unspecified atom stereocenters. The van der Waals surface area contributed by atoms with Crippen LogP contribution in [-0.2, 0) is 4.79 Å². The molecule has 0 aromatic heterocycles. The van der Waals surface area contributed by atoms with Gasteiger partial charge in [-0.2, -0.15) is 0 Å². The maximum atomic E-state index is 13.5. The highest BCUT2D eigenvalue weighted by Gasteiger charge is 2.37. The van der Waals surface area contributed by atoms with Crippen LogP contribution in [0.25, 0.3) is 0 Å². The number of hydrogen-bond acceptors (Lipinski definition) is 2. The Morgan fingerprint density at radius 3 is 2.40 bits per heavy atom. The SMILES string of the molecule is Nc1cc(F)cc(F)c1NC(=O)C1CCC(F)(F)CC1. The van der Waals surface area contributed by atoms with E-state index in [1.54, 1.807) is 0 Å². The Balaban J connectivity index is 2.06. The summed E-state index contributed by atoms with van der Waals surface area (Å²) < 4.78 is 52.4. The summed E-state index contributed by atoms with van der Waals surface area (Å²) >= 11 is 0. The van der Waals surface area contributed by atoms with Crippen LogP contribution in [-0.4, -0.2) is 11.8 Å². The molecule has 0 heterocycles. The van der Waals surface area contributed by atoms with Gasteiger partial charge in [-0.05, 0) is 18.9 Å². The molecule has 0 bridgehead atoms. The summed E-state index contributed by atoms with van der Waals surface area (Å²) in [5.41, 5.74) is 4.88. The van der Waals surface area contributed by atoms with E-state index < -0.39 is 29.4 Å². The third-order valence-electron chi connectivity index (χ3n) is 3.42. The first-order chi connectivity index (χ1) is 9.28. The van der Waals surface area contributed by atoms with Crippen molar-refractivity contribution in [2.24, 2.45) is 5.92 Å². The second-order valence-corrected chi connectivity index (χ2v) is 4.97. The van der Waals surface area contributed by atoms with Gasteiger partial charge < -0.3 is 11.1 Å². The van der Waals surface area contributed by atoms with Gasteiger partial charge in [-0.1, -0.05) is 0 Å². The number of amides is 1. The van der Waals surface area contributed by atoms with Crippen molar-refractivity contribution in [2.75, 3.05) is 11.1 Å². The Morgan fingerprint density at radius 1 is 1.25 bits per heavy atom. The Hall–Kier alpha value is -1.79. The molecule has 0 aliphatic heterocycles. The molecule has 1 aliphatic carbocycles. The third-order valence-corrected chi connectivity index (χ3v) is 3.42. The molecule has 1 aliphatic rings. The molecule has 1 fully saturated rings. The van der Waals surface area contributed by atoms with Crippen molar-refractivity contribution in [1.29, 1.82) is 0 Å². The van der Waals surface area contributed by atoms with Gasteiger partial charge in [0.1, 0.15) is 11.5 Å². The molecule has 0 atom stereocenters. The van der Waals surface area contributed by atoms with Gasteiger partial charge in [0.2, 0.25) is 11.8 Å². The number of carbonyl (C=O) groups is 1. The standard InChI is InChI=1S/C13H14F4N2O/c14-8-5-9(15)11(10(18)6-8)19-12(20)7-1-3-13(16,17)4-2-7/h5-7H,1-4,18H2,(H,19,20). The summed E-state index contributed by atoms with van der Waals surface area (Å²) in [5, 5.41) is 2.25. The predicted molar refractivity (Wildman–Crippen MR) is 66.3 cm³/mol. The number of carbonyl (C=O) groups excluding carboxylic acids is 1. The summed E-state index contributed by atoms with van der Waals surface area (Å²) in [4.78, 5) is 11.9. The maximum absolute atomic E-state index is 13.5. The molecule has 3 N–H and O–H groups in total. The average Bonchev–Trinajstić information content (AvgIpc) is 2.33. The second kappa shape index (κ2) is 5.30. The molecule has 0 spiro atoms. The highest BCUT2D eigenvalue weighted by molar-refractivity contribution is 5.95. The molecule has 1 aromatic carbocycles. The smallest absolute Gasteiger partial charge is 0.248 e. The van der Waals surface area contributed by atoms with Gasteiger partial charge in [-0.15, -0.1) is 0 Å². The molecule has 0 radical (unpaired) electrons. The van der Waals surface area contributed by atoms with E-state index in [-0.39, 0.29) is 37.1 Å². The van der Waals surface area contributed by atoms with Crippen molar-refractivity contribution in [3.8, 4) is 0 Å². The molecular weight excluding hydrogens is 276 g/mol. The predicted octanol–water partition coefficient (Wildman–Crippen LogP) is 3.31. The van der Waals surface area contributed by atoms with Gasteiger partial charge in [0, 0.05) is 24.8 Å². The number of benzene rings is 1. The molecule has 2 rings (SSSR count). The minimum atomic E-state index is -2.74. The van der Waals surface area contributed by atoms with Gasteiger partial charge >= 0.3 is 0 Å². The van der Waals surface area contributed by atoms with E-state index in [9.17, 15) is 22.4 Å². The summed E-state index contributed by atoms with van der Waals surface area (Å²) in [6.45, 7) is 0. The van der Waals surface area contributed by atoms with E-state index in [1.807, 2.05) is 0 Å². The molecule has 3 nitrogen and oxygen atoms in total. The Kier molecular flexibility index (Phi) is 3.87. The molecule has 110 valence electrons. The highest BCUT2D eigenvalue weighted by Crippen LogP contribution is 2.37. The molecule has 1 aromatic rings. The Bertz CT molecular complexity index is 500. The fourth-order valence-corrected chi connectivity index (χ4v) is 2.25. The molecular formula is C13H14F4N2O. The quantitative estimate of drug-likeness (QED) is 0.648. The highest BCUT2D eigenvalue weighted by atomic mass is 19.3. The average molecular weight is 290 g/mol. The first kappa shape index (κ1) is 14.6. The number of alkyl halides is 2. The van der Waals surface area contributed by atoms with Crippen LogP contribution in [0.15, 0.2) is 12.1 Å². The van der Waals surface area contributed by atoms with E-state index in [0.717, 1.165) is 6.07 Å². The van der Waals surface area contributed by atoms with Crippen LogP contribution < -0.4 is 11.1 Å². The summed E-state index contributed by atoms with van der Waals surface area (Å²) in [6.07, 6.45) is -0.679. The molecule has 1 saturated carbocycles. The lowest BCUT2D eigenvalue weighted by atomic mass is 9.86. The van der Waals surface area contributed by atoms with Crippen molar-refractivity contribution in [3.05, 3.63) is 23.8 Å². The number of nitrogens with two attached hydrogens (primary N) is 1. The lowest BCUT2D eigenvalue weighted by Crippen LogP contribution is -2.32. The maximum Gasteiger partial charge on any atom is 0.248 e. The molecule has 20 heavy (non-hydrogen) atoms. The van der Waals surface area contributed by atoms with E-state index in [1.165, 1.54) is 0 Å². The van der Waals surface area contributed by atoms with Crippen LogP contribution in [0.3, 0.4) is 0 Å². The van der Waals surface area contributed by atoms with Gasteiger partial charge in [-0.3, -0.25) is 4.79 Å². The van der Waals surface area contributed by atoms with Crippen molar-refractivity contribution in [1.82, 2.24) is 0 Å². The molecule has 1 amide bonds. The largest absolute Gasteiger partial charge is 0.397 e. The fourth-order valence-electron chi connectivity index (χ4n) is 2.25. The van der Waals surface area contributed by atoms with Crippen molar-refractivity contribution in [2.45, 2.75) is 31.6 Å². The molecule has 7 heteroatoms. The number of anilines is 2. The van der Waals surface area contributed by atoms with Gasteiger partial charge in [0.15, 0.2) is 5.82 Å². The Labute approximate surface area is 113 Å². The minimum absolute atomic E-state index is 0.0293. The van der Waals surface area contributed by atoms with Crippen molar-refractivity contribution in [3.63, 3.8) is 0 Å². The zero-order valence-corrected chi connectivity index (χ0v) is 10.6. The van der Waals surface area contributed by atoms with E-state index in [0.29, 0.717) is 6.07 Å². The summed E-state index contributed by atoms with van der Waals surface area (Å²) in [5.74, 6) is -5.76. The third kappa shape index (κ3) is 3.20. The zero-order valence-electron chi connectivity index (χ0n) is 10.6. The van der Waals surface area contributed by atoms with E-state index in [4.69, 9.17) is 5.73 Å².